The van der Waals surface area contributed by atoms with Crippen LogP contribution in [0.15, 0.2) is 12.7 Å². The van der Waals surface area contributed by atoms with Gasteiger partial charge in [-0.1, -0.05) is 6.08 Å². The van der Waals surface area contributed by atoms with Crippen LogP contribution in [0.2, 0.25) is 0 Å². The summed E-state index contributed by atoms with van der Waals surface area (Å²) in [7, 11) is 0. The topological polar surface area (TPSA) is 41.5 Å². The van der Waals surface area contributed by atoms with E-state index in [1.54, 1.807) is 6.08 Å². The first kappa shape index (κ1) is 9.71. The van der Waals surface area contributed by atoms with Crippen molar-refractivity contribution in [1.29, 1.82) is 0 Å². The van der Waals surface area contributed by atoms with Crippen molar-refractivity contribution < 1.29 is 9.84 Å². The lowest BCUT2D eigenvalue weighted by Gasteiger charge is -2.25. The van der Waals surface area contributed by atoms with Crippen molar-refractivity contribution in [2.45, 2.75) is 25.0 Å². The maximum absolute atomic E-state index is 9.96. The van der Waals surface area contributed by atoms with Crippen LogP contribution in [-0.4, -0.2) is 36.5 Å². The Labute approximate surface area is 73.4 Å². The Balaban J connectivity index is 2.32. The molecule has 0 amide bonds. The van der Waals surface area contributed by atoms with Gasteiger partial charge in [0, 0.05) is 26.1 Å². The van der Waals surface area contributed by atoms with Gasteiger partial charge >= 0.3 is 0 Å². The van der Waals surface area contributed by atoms with Crippen LogP contribution >= 0.6 is 0 Å². The molecule has 0 saturated carbocycles. The third-order valence-electron chi connectivity index (χ3n) is 2.38. The number of aliphatic hydroxyl groups is 1. The van der Waals surface area contributed by atoms with Gasteiger partial charge in [-0.3, -0.25) is 0 Å². The molecule has 0 spiro atoms. The summed E-state index contributed by atoms with van der Waals surface area (Å²) in [6, 6.07) is 0. The molecule has 3 nitrogen and oxygen atoms in total. The van der Waals surface area contributed by atoms with E-state index in [9.17, 15) is 5.11 Å². The molecule has 0 bridgehead atoms. The standard InChI is InChI=1S/C9H17NO2/c1-3-5-10-7-9(11)4-6-12-8(9)2/h3,8,10-11H,1,4-7H2,2H3. The van der Waals surface area contributed by atoms with Crippen molar-refractivity contribution >= 4 is 0 Å². The van der Waals surface area contributed by atoms with Crippen molar-refractivity contribution in [3.8, 4) is 0 Å². The number of hydrogen-bond acceptors (Lipinski definition) is 3. The third kappa shape index (κ3) is 2.06. The smallest absolute Gasteiger partial charge is 0.105 e. The van der Waals surface area contributed by atoms with Crippen molar-refractivity contribution in [1.82, 2.24) is 5.32 Å². The van der Waals surface area contributed by atoms with Gasteiger partial charge in [-0.25, -0.2) is 0 Å². The summed E-state index contributed by atoms with van der Waals surface area (Å²) in [5, 5.41) is 13.1. The zero-order valence-corrected chi connectivity index (χ0v) is 7.55. The molecule has 1 saturated heterocycles. The highest BCUT2D eigenvalue weighted by molar-refractivity contribution is 4.92. The molecule has 0 radical (unpaired) electrons. The van der Waals surface area contributed by atoms with E-state index in [0.29, 0.717) is 13.2 Å². The van der Waals surface area contributed by atoms with Crippen LogP contribution in [0.3, 0.4) is 0 Å². The SMILES string of the molecule is C=CCNCC1(O)CCOC1C. The second-order valence-corrected chi connectivity index (χ2v) is 3.29. The molecule has 2 atom stereocenters. The Bertz CT molecular complexity index is 161. The Hall–Kier alpha value is -0.380. The molecule has 0 aromatic heterocycles. The van der Waals surface area contributed by atoms with Gasteiger partial charge in [-0.05, 0) is 6.92 Å². The van der Waals surface area contributed by atoms with Gasteiger partial charge < -0.3 is 15.2 Å². The van der Waals surface area contributed by atoms with E-state index in [-0.39, 0.29) is 6.10 Å². The van der Waals surface area contributed by atoms with Crippen LogP contribution < -0.4 is 5.32 Å². The highest BCUT2D eigenvalue weighted by Crippen LogP contribution is 2.24. The van der Waals surface area contributed by atoms with Crippen LogP contribution in [0.25, 0.3) is 0 Å². The summed E-state index contributed by atoms with van der Waals surface area (Å²) in [6.45, 7) is 7.47. The lowest BCUT2D eigenvalue weighted by Crippen LogP contribution is -2.45. The first-order chi connectivity index (χ1) is 5.69. The van der Waals surface area contributed by atoms with E-state index in [4.69, 9.17) is 4.74 Å². The van der Waals surface area contributed by atoms with E-state index < -0.39 is 5.60 Å². The minimum Gasteiger partial charge on any atom is -0.386 e. The predicted octanol–water partition coefficient (Wildman–Crippen LogP) is 0.302. The van der Waals surface area contributed by atoms with Crippen LogP contribution in [0, 0.1) is 0 Å². The van der Waals surface area contributed by atoms with E-state index in [2.05, 4.69) is 11.9 Å². The highest BCUT2D eigenvalue weighted by atomic mass is 16.5. The molecule has 1 rings (SSSR count). The maximum Gasteiger partial charge on any atom is 0.105 e. The molecular weight excluding hydrogens is 154 g/mol. The normalized spacial score (nSPS) is 35.3. The van der Waals surface area contributed by atoms with Crippen LogP contribution in [0.5, 0.6) is 0 Å². The number of ether oxygens (including phenoxy) is 1. The molecule has 0 aliphatic carbocycles. The largest absolute Gasteiger partial charge is 0.386 e. The van der Waals surface area contributed by atoms with Crippen molar-refractivity contribution in [3.05, 3.63) is 12.7 Å². The van der Waals surface area contributed by atoms with Gasteiger partial charge in [0.1, 0.15) is 5.60 Å². The molecule has 0 aromatic rings. The van der Waals surface area contributed by atoms with E-state index in [1.165, 1.54) is 0 Å². The molecule has 0 aromatic carbocycles. The molecule has 3 heteroatoms. The first-order valence-corrected chi connectivity index (χ1v) is 4.34. The minimum absolute atomic E-state index is 0.0604. The monoisotopic (exact) mass is 171 g/mol. The van der Waals surface area contributed by atoms with E-state index >= 15 is 0 Å². The summed E-state index contributed by atoms with van der Waals surface area (Å²) in [5.41, 5.74) is -0.678. The zero-order chi connectivity index (χ0) is 9.03. The molecule has 1 heterocycles. The molecule has 1 aliphatic heterocycles. The molecule has 2 N–H and O–H groups in total. The Kier molecular flexibility index (Phi) is 3.26. The van der Waals surface area contributed by atoms with Crippen LogP contribution in [0.1, 0.15) is 13.3 Å². The fourth-order valence-corrected chi connectivity index (χ4v) is 1.39. The maximum atomic E-state index is 9.96. The summed E-state index contributed by atoms with van der Waals surface area (Å²) < 4.78 is 5.28. The van der Waals surface area contributed by atoms with Gasteiger partial charge in [0.05, 0.1) is 6.10 Å². The third-order valence-corrected chi connectivity index (χ3v) is 2.38. The van der Waals surface area contributed by atoms with Crippen molar-refractivity contribution in [2.75, 3.05) is 19.7 Å². The first-order valence-electron chi connectivity index (χ1n) is 4.34. The van der Waals surface area contributed by atoms with Crippen molar-refractivity contribution in [3.63, 3.8) is 0 Å². The Morgan fingerprint density at radius 3 is 3.08 bits per heavy atom. The highest BCUT2D eigenvalue weighted by Gasteiger charge is 2.38. The zero-order valence-electron chi connectivity index (χ0n) is 7.55. The average molecular weight is 171 g/mol. The molecule has 1 fully saturated rings. The van der Waals surface area contributed by atoms with E-state index in [0.717, 1.165) is 13.0 Å². The van der Waals surface area contributed by atoms with E-state index in [1.807, 2.05) is 6.92 Å². The second-order valence-electron chi connectivity index (χ2n) is 3.29. The number of nitrogens with one attached hydrogen (secondary N) is 1. The molecule has 70 valence electrons. The fourth-order valence-electron chi connectivity index (χ4n) is 1.39. The lowest BCUT2D eigenvalue weighted by molar-refractivity contribution is -0.0255. The lowest BCUT2D eigenvalue weighted by atomic mass is 9.97. The average Bonchev–Trinajstić information content (AvgIpc) is 2.34. The number of hydrogen-bond donors (Lipinski definition) is 2. The molecular formula is C9H17NO2. The summed E-state index contributed by atoms with van der Waals surface area (Å²) in [5.74, 6) is 0. The molecule has 1 aliphatic rings. The fraction of sp³-hybridized carbons (Fsp3) is 0.778. The quantitative estimate of drug-likeness (QED) is 0.472. The minimum atomic E-state index is -0.678. The Morgan fingerprint density at radius 2 is 2.58 bits per heavy atom. The van der Waals surface area contributed by atoms with Gasteiger partial charge in [0.15, 0.2) is 0 Å². The molecule has 12 heavy (non-hydrogen) atoms. The molecule has 2 unspecified atom stereocenters. The Morgan fingerprint density at radius 1 is 1.83 bits per heavy atom. The predicted molar refractivity (Wildman–Crippen MR) is 48.0 cm³/mol. The second kappa shape index (κ2) is 4.03. The van der Waals surface area contributed by atoms with Gasteiger partial charge in [0.2, 0.25) is 0 Å². The number of rotatable bonds is 4. The van der Waals surface area contributed by atoms with Crippen molar-refractivity contribution in [2.24, 2.45) is 0 Å². The van der Waals surface area contributed by atoms with Crippen LogP contribution in [0.4, 0.5) is 0 Å². The summed E-state index contributed by atoms with van der Waals surface area (Å²) in [4.78, 5) is 0. The van der Waals surface area contributed by atoms with Gasteiger partial charge in [-0.15, -0.1) is 6.58 Å². The van der Waals surface area contributed by atoms with Gasteiger partial charge in [0.25, 0.3) is 0 Å². The summed E-state index contributed by atoms with van der Waals surface area (Å²) >= 11 is 0. The summed E-state index contributed by atoms with van der Waals surface area (Å²) in [6.07, 6.45) is 2.44. The van der Waals surface area contributed by atoms with Gasteiger partial charge in [-0.2, -0.15) is 0 Å². The van der Waals surface area contributed by atoms with Crippen LogP contribution in [-0.2, 0) is 4.74 Å².